The quantitative estimate of drug-likeness (QED) is 0.847. The van der Waals surface area contributed by atoms with Gasteiger partial charge in [0.1, 0.15) is 0 Å². The average molecular weight is 233 g/mol. The summed E-state index contributed by atoms with van der Waals surface area (Å²) in [5, 5.41) is 8.85. The van der Waals surface area contributed by atoms with Gasteiger partial charge in [-0.15, -0.1) is 0 Å². The second-order valence-electron chi connectivity index (χ2n) is 5.06. The Morgan fingerprint density at radius 3 is 2.76 bits per heavy atom. The minimum atomic E-state index is -0.640. The number of carboxylic acid groups (broad SMARTS) is 1. The Labute approximate surface area is 102 Å². The Kier molecular flexibility index (Phi) is 3.48. The third kappa shape index (κ3) is 3.07. The van der Waals surface area contributed by atoms with Crippen molar-refractivity contribution >= 4 is 5.97 Å². The molecule has 0 radical (unpaired) electrons. The van der Waals surface area contributed by atoms with Crippen molar-refractivity contribution in [2.24, 2.45) is 11.8 Å². The van der Waals surface area contributed by atoms with Crippen LogP contribution in [-0.2, 0) is 11.3 Å². The number of aliphatic carboxylic acids is 1. The van der Waals surface area contributed by atoms with Gasteiger partial charge < -0.3 is 10.0 Å². The molecular weight excluding hydrogens is 214 g/mol. The second-order valence-corrected chi connectivity index (χ2v) is 5.06. The van der Waals surface area contributed by atoms with Gasteiger partial charge in [-0.05, 0) is 37.4 Å². The van der Waals surface area contributed by atoms with E-state index in [1.807, 2.05) is 12.1 Å². The van der Waals surface area contributed by atoms with Crippen LogP contribution in [0.4, 0.5) is 0 Å². The third-order valence-corrected chi connectivity index (χ3v) is 3.49. The summed E-state index contributed by atoms with van der Waals surface area (Å²) in [6.45, 7) is 3.89. The van der Waals surface area contributed by atoms with Crippen LogP contribution in [-0.4, -0.2) is 29.6 Å². The zero-order valence-electron chi connectivity index (χ0n) is 10.4. The van der Waals surface area contributed by atoms with Crippen LogP contribution >= 0.6 is 0 Å². The van der Waals surface area contributed by atoms with E-state index in [2.05, 4.69) is 31.0 Å². The van der Waals surface area contributed by atoms with Gasteiger partial charge in [0.05, 0.1) is 5.92 Å². The molecule has 2 atom stereocenters. The van der Waals surface area contributed by atoms with Gasteiger partial charge >= 0.3 is 5.97 Å². The molecule has 2 rings (SSSR count). The lowest BCUT2D eigenvalue weighted by Crippen LogP contribution is -2.22. The minimum absolute atomic E-state index is 0.102. The molecule has 1 saturated carbocycles. The summed E-state index contributed by atoms with van der Waals surface area (Å²) < 4.78 is 0. The smallest absolute Gasteiger partial charge is 0.306 e. The van der Waals surface area contributed by atoms with Gasteiger partial charge in [-0.1, -0.05) is 24.3 Å². The van der Waals surface area contributed by atoms with Crippen LogP contribution in [0.25, 0.3) is 0 Å². The Morgan fingerprint density at radius 2 is 2.18 bits per heavy atom. The Hall–Kier alpha value is -1.35. The Bertz CT molecular complexity index is 416. The van der Waals surface area contributed by atoms with E-state index in [4.69, 9.17) is 5.11 Å². The zero-order chi connectivity index (χ0) is 12.4. The van der Waals surface area contributed by atoms with E-state index in [0.29, 0.717) is 5.92 Å². The van der Waals surface area contributed by atoms with Crippen LogP contribution in [0.1, 0.15) is 17.5 Å². The molecule has 2 unspecified atom stereocenters. The average Bonchev–Trinajstić information content (AvgIpc) is 3.01. The van der Waals surface area contributed by atoms with Crippen molar-refractivity contribution < 1.29 is 9.90 Å². The van der Waals surface area contributed by atoms with Crippen molar-refractivity contribution in [2.75, 3.05) is 13.6 Å². The van der Waals surface area contributed by atoms with Crippen LogP contribution < -0.4 is 0 Å². The predicted octanol–water partition coefficient (Wildman–Crippen LogP) is 2.15. The monoisotopic (exact) mass is 233 g/mol. The second kappa shape index (κ2) is 4.88. The predicted molar refractivity (Wildman–Crippen MR) is 66.7 cm³/mol. The van der Waals surface area contributed by atoms with E-state index in [1.54, 1.807) is 0 Å². The molecule has 0 heterocycles. The van der Waals surface area contributed by atoms with E-state index in [-0.39, 0.29) is 5.92 Å². The molecule has 17 heavy (non-hydrogen) atoms. The summed E-state index contributed by atoms with van der Waals surface area (Å²) in [7, 11) is 2.06. The van der Waals surface area contributed by atoms with Crippen LogP contribution in [0.5, 0.6) is 0 Å². The fourth-order valence-corrected chi connectivity index (χ4v) is 2.29. The molecule has 1 N–H and O–H groups in total. The molecule has 1 aliphatic rings. The van der Waals surface area contributed by atoms with Gasteiger partial charge in [-0.25, -0.2) is 0 Å². The first-order valence-electron chi connectivity index (χ1n) is 6.04. The Balaban J connectivity index is 1.84. The molecule has 1 aromatic carbocycles. The van der Waals surface area contributed by atoms with E-state index < -0.39 is 5.97 Å². The van der Waals surface area contributed by atoms with Crippen molar-refractivity contribution in [3.63, 3.8) is 0 Å². The van der Waals surface area contributed by atoms with Crippen molar-refractivity contribution in [3.05, 3.63) is 35.4 Å². The summed E-state index contributed by atoms with van der Waals surface area (Å²) >= 11 is 0. The number of carbonyl (C=O) groups is 1. The van der Waals surface area contributed by atoms with Crippen molar-refractivity contribution in [1.82, 2.24) is 4.90 Å². The minimum Gasteiger partial charge on any atom is -0.481 e. The highest BCUT2D eigenvalue weighted by molar-refractivity contribution is 5.73. The van der Waals surface area contributed by atoms with Gasteiger partial charge in [0.25, 0.3) is 0 Å². The summed E-state index contributed by atoms with van der Waals surface area (Å²) in [6.07, 6.45) is 0.841. The number of rotatable bonds is 5. The maximum Gasteiger partial charge on any atom is 0.306 e. The summed E-state index contributed by atoms with van der Waals surface area (Å²) in [6, 6.07) is 8.33. The van der Waals surface area contributed by atoms with E-state index in [1.165, 1.54) is 11.1 Å². The van der Waals surface area contributed by atoms with Gasteiger partial charge in [0.15, 0.2) is 0 Å². The normalized spacial score (nSPS) is 22.8. The lowest BCUT2D eigenvalue weighted by atomic mass is 10.1. The van der Waals surface area contributed by atoms with E-state index in [9.17, 15) is 4.79 Å². The fraction of sp³-hybridized carbons (Fsp3) is 0.500. The number of benzene rings is 1. The topological polar surface area (TPSA) is 40.5 Å². The van der Waals surface area contributed by atoms with Crippen LogP contribution in [0.15, 0.2) is 24.3 Å². The van der Waals surface area contributed by atoms with Gasteiger partial charge in [-0.3, -0.25) is 4.79 Å². The molecular formula is C14H19NO2. The first kappa shape index (κ1) is 12.1. The molecule has 92 valence electrons. The molecule has 0 saturated heterocycles. The lowest BCUT2D eigenvalue weighted by molar-refractivity contribution is -0.138. The fourth-order valence-electron chi connectivity index (χ4n) is 2.29. The third-order valence-electron chi connectivity index (χ3n) is 3.49. The molecule has 3 nitrogen and oxygen atoms in total. The SMILES string of the molecule is Cc1ccccc1CN(C)CC1CC1C(=O)O. The molecule has 0 aliphatic heterocycles. The molecule has 0 amide bonds. The highest BCUT2D eigenvalue weighted by Gasteiger charge is 2.43. The molecule has 1 aliphatic carbocycles. The number of nitrogens with zero attached hydrogens (tertiary/aromatic N) is 1. The molecule has 0 aromatic heterocycles. The number of carboxylic acids is 1. The van der Waals surface area contributed by atoms with Gasteiger partial charge in [0, 0.05) is 13.1 Å². The largest absolute Gasteiger partial charge is 0.481 e. The lowest BCUT2D eigenvalue weighted by Gasteiger charge is -2.17. The number of aryl methyl sites for hydroxylation is 1. The van der Waals surface area contributed by atoms with Crippen molar-refractivity contribution in [3.8, 4) is 0 Å². The molecule has 0 bridgehead atoms. The van der Waals surface area contributed by atoms with Crippen molar-refractivity contribution in [1.29, 1.82) is 0 Å². The first-order chi connectivity index (χ1) is 8.08. The summed E-state index contributed by atoms with van der Waals surface area (Å²) in [4.78, 5) is 13.0. The summed E-state index contributed by atoms with van der Waals surface area (Å²) in [5.41, 5.74) is 2.62. The molecule has 1 aromatic rings. The molecule has 3 heteroatoms. The maximum atomic E-state index is 10.7. The highest BCUT2D eigenvalue weighted by atomic mass is 16.4. The standard InChI is InChI=1S/C14H19NO2/c1-10-5-3-4-6-11(10)8-15(2)9-12-7-13(12)14(16)17/h3-6,12-13H,7-9H2,1-2H3,(H,16,17). The van der Waals surface area contributed by atoms with Crippen LogP contribution in [0.3, 0.4) is 0 Å². The van der Waals surface area contributed by atoms with Crippen molar-refractivity contribution in [2.45, 2.75) is 19.9 Å². The number of hydrogen-bond acceptors (Lipinski definition) is 2. The van der Waals surface area contributed by atoms with Crippen LogP contribution in [0.2, 0.25) is 0 Å². The summed E-state index contributed by atoms with van der Waals surface area (Å²) in [5.74, 6) is -0.393. The Morgan fingerprint density at radius 1 is 1.47 bits per heavy atom. The van der Waals surface area contributed by atoms with E-state index >= 15 is 0 Å². The van der Waals surface area contributed by atoms with Gasteiger partial charge in [0.2, 0.25) is 0 Å². The highest BCUT2D eigenvalue weighted by Crippen LogP contribution is 2.39. The molecule has 1 fully saturated rings. The molecule has 0 spiro atoms. The maximum absolute atomic E-state index is 10.7. The first-order valence-corrected chi connectivity index (χ1v) is 6.04. The van der Waals surface area contributed by atoms with E-state index in [0.717, 1.165) is 19.5 Å². The zero-order valence-corrected chi connectivity index (χ0v) is 10.4. The van der Waals surface area contributed by atoms with Crippen LogP contribution in [0, 0.1) is 18.8 Å². The number of hydrogen-bond donors (Lipinski definition) is 1. The van der Waals surface area contributed by atoms with Gasteiger partial charge in [-0.2, -0.15) is 0 Å².